The van der Waals surface area contributed by atoms with Gasteiger partial charge in [-0.2, -0.15) is 0 Å². The minimum Gasteiger partial charge on any atom is -0.392 e. The van der Waals surface area contributed by atoms with Crippen LogP contribution >= 0.6 is 11.6 Å². The molecule has 0 saturated heterocycles. The van der Waals surface area contributed by atoms with Crippen molar-refractivity contribution in [2.75, 3.05) is 11.9 Å². The maximum absolute atomic E-state index is 13.0. The van der Waals surface area contributed by atoms with Gasteiger partial charge in [0, 0.05) is 11.6 Å². The van der Waals surface area contributed by atoms with Crippen LogP contribution in [0, 0.1) is 5.82 Å². The Morgan fingerprint density at radius 3 is 2.92 bits per heavy atom. The van der Waals surface area contributed by atoms with Gasteiger partial charge in [0.15, 0.2) is 0 Å². The number of hydrogen-bond acceptors (Lipinski definition) is 2. The Bertz CT molecular complexity index is 291. The number of aliphatic hydroxyl groups is 1. The summed E-state index contributed by atoms with van der Waals surface area (Å²) in [7, 11) is 0. The molecule has 72 valence electrons. The van der Waals surface area contributed by atoms with Crippen LogP contribution in [-0.4, -0.2) is 17.8 Å². The van der Waals surface area contributed by atoms with Crippen molar-refractivity contribution in [1.29, 1.82) is 0 Å². The molecule has 0 aromatic heterocycles. The van der Waals surface area contributed by atoms with Crippen molar-refractivity contribution in [3.63, 3.8) is 0 Å². The number of rotatable bonds is 3. The van der Waals surface area contributed by atoms with Crippen molar-refractivity contribution in [3.05, 3.63) is 29.0 Å². The quantitative estimate of drug-likeness (QED) is 0.790. The van der Waals surface area contributed by atoms with Crippen LogP contribution in [0.4, 0.5) is 10.1 Å². The van der Waals surface area contributed by atoms with Gasteiger partial charge in [-0.3, -0.25) is 0 Å². The summed E-state index contributed by atoms with van der Waals surface area (Å²) in [6, 6.07) is 4.25. The molecule has 13 heavy (non-hydrogen) atoms. The van der Waals surface area contributed by atoms with Gasteiger partial charge in [-0.05, 0) is 25.1 Å². The highest BCUT2D eigenvalue weighted by atomic mass is 35.5. The molecule has 0 aliphatic heterocycles. The molecule has 1 rings (SSSR count). The monoisotopic (exact) mass is 203 g/mol. The lowest BCUT2D eigenvalue weighted by Gasteiger charge is -2.09. The Morgan fingerprint density at radius 2 is 2.31 bits per heavy atom. The van der Waals surface area contributed by atoms with Gasteiger partial charge >= 0.3 is 0 Å². The minimum atomic E-state index is -0.515. The first kappa shape index (κ1) is 10.3. The third-order valence-electron chi connectivity index (χ3n) is 1.52. The minimum absolute atomic E-state index is 0.303. The van der Waals surface area contributed by atoms with E-state index in [9.17, 15) is 4.39 Å². The molecule has 2 N–H and O–H groups in total. The molecule has 0 spiro atoms. The lowest BCUT2D eigenvalue weighted by Crippen LogP contribution is -2.15. The van der Waals surface area contributed by atoms with Gasteiger partial charge in [0.2, 0.25) is 0 Å². The van der Waals surface area contributed by atoms with Crippen molar-refractivity contribution < 1.29 is 9.50 Å². The molecule has 4 heteroatoms. The molecule has 0 amide bonds. The summed E-state index contributed by atoms with van der Waals surface area (Å²) in [6.07, 6.45) is -0.515. The van der Waals surface area contributed by atoms with E-state index in [1.54, 1.807) is 6.92 Å². The van der Waals surface area contributed by atoms with E-state index in [-0.39, 0.29) is 5.82 Å². The number of nitrogens with one attached hydrogen (secondary N) is 1. The largest absolute Gasteiger partial charge is 0.392 e. The zero-order valence-electron chi connectivity index (χ0n) is 7.22. The molecule has 0 aliphatic rings. The third kappa shape index (κ3) is 3.20. The molecule has 1 aromatic carbocycles. The number of aliphatic hydroxyl groups excluding tert-OH is 1. The van der Waals surface area contributed by atoms with Crippen molar-refractivity contribution >= 4 is 17.3 Å². The number of anilines is 1. The van der Waals surface area contributed by atoms with Crippen molar-refractivity contribution in [1.82, 2.24) is 0 Å². The highest BCUT2D eigenvalue weighted by molar-refractivity contribution is 6.30. The standard InChI is InChI=1S/C9H11ClFNO/c1-6(13)5-12-9-4-7(10)2-3-8(9)11/h2-4,6,12-13H,5H2,1H3. The van der Waals surface area contributed by atoms with E-state index in [1.807, 2.05) is 0 Å². The van der Waals surface area contributed by atoms with Crippen LogP contribution in [0.1, 0.15) is 6.92 Å². The van der Waals surface area contributed by atoms with Gasteiger partial charge in [-0.25, -0.2) is 4.39 Å². The number of hydrogen-bond donors (Lipinski definition) is 2. The van der Waals surface area contributed by atoms with E-state index in [0.29, 0.717) is 17.3 Å². The average Bonchev–Trinajstić information content (AvgIpc) is 2.06. The Labute approximate surface area is 81.3 Å². The van der Waals surface area contributed by atoms with Gasteiger partial charge in [0.1, 0.15) is 5.82 Å². The fourth-order valence-corrected chi connectivity index (χ4v) is 1.06. The lowest BCUT2D eigenvalue weighted by atomic mass is 10.3. The summed E-state index contributed by atoms with van der Waals surface area (Å²) in [5.41, 5.74) is 0.313. The SMILES string of the molecule is CC(O)CNc1cc(Cl)ccc1F. The number of benzene rings is 1. The van der Waals surface area contributed by atoms with Crippen LogP contribution in [0.2, 0.25) is 5.02 Å². The third-order valence-corrected chi connectivity index (χ3v) is 1.75. The molecule has 0 bridgehead atoms. The zero-order chi connectivity index (χ0) is 9.84. The summed E-state index contributed by atoms with van der Waals surface area (Å²) in [4.78, 5) is 0. The van der Waals surface area contributed by atoms with Gasteiger partial charge < -0.3 is 10.4 Å². The molecule has 0 radical (unpaired) electrons. The summed E-state index contributed by atoms with van der Waals surface area (Å²) in [5.74, 6) is -0.370. The Kier molecular flexibility index (Phi) is 3.51. The highest BCUT2D eigenvalue weighted by Crippen LogP contribution is 2.19. The first-order chi connectivity index (χ1) is 6.09. The maximum Gasteiger partial charge on any atom is 0.146 e. The molecule has 0 saturated carbocycles. The molecule has 1 unspecified atom stereocenters. The molecular formula is C9H11ClFNO. The van der Waals surface area contributed by atoms with Crippen LogP contribution < -0.4 is 5.32 Å². The normalized spacial score (nSPS) is 12.6. The second-order valence-corrected chi connectivity index (χ2v) is 3.29. The first-order valence-corrected chi connectivity index (χ1v) is 4.34. The van der Waals surface area contributed by atoms with E-state index in [2.05, 4.69) is 5.32 Å². The summed E-state index contributed by atoms with van der Waals surface area (Å²) >= 11 is 5.66. The van der Waals surface area contributed by atoms with E-state index in [0.717, 1.165) is 0 Å². The second kappa shape index (κ2) is 4.44. The summed E-state index contributed by atoms with van der Waals surface area (Å²) in [5, 5.41) is 12.2. The predicted molar refractivity (Wildman–Crippen MR) is 51.6 cm³/mol. The molecule has 0 aliphatic carbocycles. The fourth-order valence-electron chi connectivity index (χ4n) is 0.891. The van der Waals surface area contributed by atoms with Crippen LogP contribution in [0.25, 0.3) is 0 Å². The first-order valence-electron chi connectivity index (χ1n) is 3.96. The van der Waals surface area contributed by atoms with Crippen molar-refractivity contribution in [3.8, 4) is 0 Å². The number of halogens is 2. The van der Waals surface area contributed by atoms with E-state index in [4.69, 9.17) is 16.7 Å². The molecule has 2 nitrogen and oxygen atoms in total. The predicted octanol–water partition coefficient (Wildman–Crippen LogP) is 2.27. The smallest absolute Gasteiger partial charge is 0.146 e. The molecular weight excluding hydrogens is 193 g/mol. The van der Waals surface area contributed by atoms with Crippen molar-refractivity contribution in [2.24, 2.45) is 0 Å². The van der Waals surface area contributed by atoms with Gasteiger partial charge in [0.05, 0.1) is 11.8 Å². The van der Waals surface area contributed by atoms with Gasteiger partial charge in [-0.1, -0.05) is 11.6 Å². The average molecular weight is 204 g/mol. The zero-order valence-corrected chi connectivity index (χ0v) is 7.98. The van der Waals surface area contributed by atoms with Crippen LogP contribution in [0.5, 0.6) is 0 Å². The summed E-state index contributed by atoms with van der Waals surface area (Å²) < 4.78 is 13.0. The van der Waals surface area contributed by atoms with Crippen LogP contribution in [-0.2, 0) is 0 Å². The van der Waals surface area contributed by atoms with Crippen LogP contribution in [0.3, 0.4) is 0 Å². The van der Waals surface area contributed by atoms with Crippen molar-refractivity contribution in [2.45, 2.75) is 13.0 Å². The van der Waals surface area contributed by atoms with Gasteiger partial charge in [0.25, 0.3) is 0 Å². The Morgan fingerprint density at radius 1 is 1.62 bits per heavy atom. The Balaban J connectivity index is 2.70. The molecule has 1 atom stereocenters. The summed E-state index contributed by atoms with van der Waals surface area (Å²) in [6.45, 7) is 1.92. The van der Waals surface area contributed by atoms with Crippen LogP contribution in [0.15, 0.2) is 18.2 Å². The Hall–Kier alpha value is -0.800. The molecule has 1 aromatic rings. The molecule has 0 fully saturated rings. The second-order valence-electron chi connectivity index (χ2n) is 2.85. The topological polar surface area (TPSA) is 32.3 Å². The maximum atomic E-state index is 13.0. The van der Waals surface area contributed by atoms with E-state index >= 15 is 0 Å². The highest BCUT2D eigenvalue weighted by Gasteiger charge is 2.02. The van der Waals surface area contributed by atoms with E-state index < -0.39 is 6.10 Å². The van der Waals surface area contributed by atoms with E-state index in [1.165, 1.54) is 18.2 Å². The lowest BCUT2D eigenvalue weighted by molar-refractivity contribution is 0.208. The van der Waals surface area contributed by atoms with Gasteiger partial charge in [-0.15, -0.1) is 0 Å². The molecule has 0 heterocycles. The fraction of sp³-hybridized carbons (Fsp3) is 0.333.